The average Bonchev–Trinajstić information content (AvgIpc) is 2.97. The van der Waals surface area contributed by atoms with Gasteiger partial charge < -0.3 is 39.6 Å². The van der Waals surface area contributed by atoms with Gasteiger partial charge in [0.25, 0.3) is 0 Å². The standard InChI is InChI=1S/C30H49N3O7S2/c1-4-31-14-18-36-20-22-38-23-21-37-19-15-32-29(34)24-27-9-11-28(12-10-27)42-41-25-39-16-5-6-17-40-30(35)33-13-7-8-26(2)3/h9-12,26,31H,4-6,13-25H2,1-3H3,(H,32,34)(H,33,35). The Morgan fingerprint density at radius 3 is 2.19 bits per heavy atom. The molecule has 0 saturated carbocycles. The summed E-state index contributed by atoms with van der Waals surface area (Å²) in [6.07, 6.45) is 1.45. The number of amides is 2. The minimum atomic E-state index is -0.441. The van der Waals surface area contributed by atoms with Gasteiger partial charge in [-0.1, -0.05) is 66.3 Å². The Bertz CT molecular complexity index is 880. The number of carbonyl (C=O) groups excluding carboxylic acids is 2. The Balaban J connectivity index is 1.94. The van der Waals surface area contributed by atoms with Gasteiger partial charge >= 0.3 is 6.09 Å². The molecule has 0 bridgehead atoms. The highest BCUT2D eigenvalue weighted by atomic mass is 33.1. The summed E-state index contributed by atoms with van der Waals surface area (Å²) < 4.78 is 27.1. The minimum absolute atomic E-state index is 0.0327. The van der Waals surface area contributed by atoms with Gasteiger partial charge in [-0.05, 0) is 37.1 Å². The topological polar surface area (TPSA) is 116 Å². The number of likely N-dealkylation sites (N-methyl/N-ethyl adjacent to an activating group) is 1. The van der Waals surface area contributed by atoms with Crippen molar-refractivity contribution in [3.63, 3.8) is 0 Å². The molecule has 0 atom stereocenters. The van der Waals surface area contributed by atoms with E-state index in [9.17, 15) is 9.59 Å². The highest BCUT2D eigenvalue weighted by Crippen LogP contribution is 2.31. The van der Waals surface area contributed by atoms with Crippen LogP contribution in [0.1, 0.15) is 39.2 Å². The number of ether oxygens (including phenoxy) is 5. The van der Waals surface area contributed by atoms with Crippen LogP contribution in [0.5, 0.6) is 0 Å². The minimum Gasteiger partial charge on any atom is -0.450 e. The first-order valence-corrected chi connectivity index (χ1v) is 16.9. The largest absolute Gasteiger partial charge is 0.450 e. The number of hydrogen-bond acceptors (Lipinski definition) is 10. The molecule has 0 aliphatic heterocycles. The van der Waals surface area contributed by atoms with Crippen LogP contribution in [0.2, 0.25) is 0 Å². The van der Waals surface area contributed by atoms with Crippen molar-refractivity contribution in [3.8, 4) is 11.8 Å². The zero-order valence-electron chi connectivity index (χ0n) is 25.4. The van der Waals surface area contributed by atoms with Crippen LogP contribution < -0.4 is 16.0 Å². The lowest BCUT2D eigenvalue weighted by atomic mass is 10.1. The molecule has 0 unspecified atom stereocenters. The first-order valence-electron chi connectivity index (χ1n) is 14.6. The van der Waals surface area contributed by atoms with Gasteiger partial charge in [-0.3, -0.25) is 4.79 Å². The van der Waals surface area contributed by atoms with E-state index in [4.69, 9.17) is 23.7 Å². The predicted molar refractivity (Wildman–Crippen MR) is 170 cm³/mol. The predicted octanol–water partition coefficient (Wildman–Crippen LogP) is 3.88. The number of nitrogens with one attached hydrogen (secondary N) is 3. The molecule has 0 saturated heterocycles. The van der Waals surface area contributed by atoms with Crippen molar-refractivity contribution < 1.29 is 33.3 Å². The van der Waals surface area contributed by atoms with Crippen LogP contribution in [0, 0.1) is 17.8 Å². The van der Waals surface area contributed by atoms with E-state index in [-0.39, 0.29) is 11.8 Å². The van der Waals surface area contributed by atoms with Crippen molar-refractivity contribution in [1.82, 2.24) is 16.0 Å². The summed E-state index contributed by atoms with van der Waals surface area (Å²) in [5, 5.41) is 8.68. The van der Waals surface area contributed by atoms with Gasteiger partial charge in [0.05, 0.1) is 59.2 Å². The summed E-state index contributed by atoms with van der Waals surface area (Å²) in [4.78, 5) is 24.8. The molecular formula is C30H49N3O7S2. The molecule has 3 N–H and O–H groups in total. The summed E-state index contributed by atoms with van der Waals surface area (Å²) in [5.74, 6) is 6.66. The first kappa shape index (κ1) is 38.0. The molecule has 0 heterocycles. The Kier molecular flexibility index (Phi) is 25.2. The fourth-order valence-corrected chi connectivity index (χ4v) is 4.82. The average molecular weight is 628 g/mol. The summed E-state index contributed by atoms with van der Waals surface area (Å²) in [6.45, 7) is 12.8. The lowest BCUT2D eigenvalue weighted by molar-refractivity contribution is -0.120. The molecule has 1 rings (SSSR count). The van der Waals surface area contributed by atoms with Crippen LogP contribution >= 0.6 is 21.6 Å². The lowest BCUT2D eigenvalue weighted by Gasteiger charge is -2.08. The van der Waals surface area contributed by atoms with Gasteiger partial charge in [-0.25, -0.2) is 4.79 Å². The van der Waals surface area contributed by atoms with Crippen LogP contribution in [0.25, 0.3) is 0 Å². The fraction of sp³-hybridized carbons (Fsp3) is 0.667. The molecule has 12 heteroatoms. The van der Waals surface area contributed by atoms with E-state index in [1.54, 1.807) is 21.6 Å². The van der Waals surface area contributed by atoms with E-state index < -0.39 is 6.09 Å². The van der Waals surface area contributed by atoms with E-state index in [1.165, 1.54) is 0 Å². The third kappa shape index (κ3) is 24.6. The van der Waals surface area contributed by atoms with E-state index in [2.05, 4.69) is 34.7 Å². The quantitative estimate of drug-likeness (QED) is 0.0638. The molecule has 1 aromatic carbocycles. The maximum Gasteiger partial charge on any atom is 0.407 e. The van der Waals surface area contributed by atoms with Crippen molar-refractivity contribution >= 4 is 33.6 Å². The summed E-state index contributed by atoms with van der Waals surface area (Å²) in [6, 6.07) is 7.95. The lowest BCUT2D eigenvalue weighted by Crippen LogP contribution is -2.29. The molecule has 10 nitrogen and oxygen atoms in total. The Hall–Kier alpha value is -1.98. The van der Waals surface area contributed by atoms with Gasteiger partial charge in [0, 0.05) is 30.5 Å². The molecule has 0 aliphatic carbocycles. The summed E-state index contributed by atoms with van der Waals surface area (Å²) >= 11 is 0. The van der Waals surface area contributed by atoms with Crippen molar-refractivity contribution in [2.75, 3.05) is 85.0 Å². The summed E-state index contributed by atoms with van der Waals surface area (Å²) in [7, 11) is 3.24. The fourth-order valence-electron chi connectivity index (χ4n) is 3.12. The number of rotatable bonds is 25. The maximum absolute atomic E-state index is 12.2. The second-order valence-corrected chi connectivity index (χ2v) is 11.6. The number of benzene rings is 1. The van der Waals surface area contributed by atoms with Crippen molar-refractivity contribution in [3.05, 3.63) is 29.8 Å². The van der Waals surface area contributed by atoms with E-state index in [0.717, 1.165) is 36.4 Å². The van der Waals surface area contributed by atoms with Crippen molar-refractivity contribution in [1.29, 1.82) is 0 Å². The molecule has 0 radical (unpaired) electrons. The Morgan fingerprint density at radius 2 is 1.50 bits per heavy atom. The molecule has 2 amide bonds. The van der Waals surface area contributed by atoms with Crippen molar-refractivity contribution in [2.24, 2.45) is 5.92 Å². The summed E-state index contributed by atoms with van der Waals surface area (Å²) in [5.41, 5.74) is 0.958. The monoisotopic (exact) mass is 627 g/mol. The van der Waals surface area contributed by atoms with Crippen LogP contribution in [-0.2, 0) is 34.9 Å². The number of hydrogen-bond donors (Lipinski definition) is 3. The normalized spacial score (nSPS) is 10.8. The second-order valence-electron chi connectivity index (χ2n) is 9.26. The first-order chi connectivity index (χ1) is 20.5. The van der Waals surface area contributed by atoms with Crippen LogP contribution in [0.3, 0.4) is 0 Å². The molecule has 0 aliphatic rings. The molecule has 238 valence electrons. The Labute approximate surface area is 259 Å². The van der Waals surface area contributed by atoms with E-state index >= 15 is 0 Å². The van der Waals surface area contributed by atoms with Gasteiger partial charge in [0.15, 0.2) is 0 Å². The third-order valence-corrected chi connectivity index (χ3v) is 7.25. The molecular weight excluding hydrogens is 578 g/mol. The maximum atomic E-state index is 12.2. The van der Waals surface area contributed by atoms with Crippen LogP contribution in [0.15, 0.2) is 29.2 Å². The van der Waals surface area contributed by atoms with Gasteiger partial charge in [-0.2, -0.15) is 0 Å². The van der Waals surface area contributed by atoms with E-state index in [1.807, 2.05) is 38.1 Å². The van der Waals surface area contributed by atoms with Gasteiger partial charge in [0.1, 0.15) is 5.94 Å². The Morgan fingerprint density at radius 1 is 0.833 bits per heavy atom. The van der Waals surface area contributed by atoms with Gasteiger partial charge in [-0.15, -0.1) is 0 Å². The molecule has 1 aromatic rings. The second kappa shape index (κ2) is 27.8. The molecule has 0 spiro atoms. The van der Waals surface area contributed by atoms with Crippen molar-refractivity contribution in [2.45, 2.75) is 44.9 Å². The third-order valence-electron chi connectivity index (χ3n) is 5.19. The smallest absolute Gasteiger partial charge is 0.407 e. The highest BCUT2D eigenvalue weighted by Gasteiger charge is 2.04. The van der Waals surface area contributed by atoms with E-state index in [0.29, 0.717) is 78.3 Å². The zero-order chi connectivity index (χ0) is 30.5. The number of alkyl carbamates (subject to hydrolysis) is 1. The SMILES string of the molecule is CCNCCOCCOCCOCCNC(=O)Cc1ccc(SSCOCCCCOC(=O)NCC#CC(C)C)cc1. The molecule has 0 aromatic heterocycles. The molecule has 0 fully saturated rings. The zero-order valence-corrected chi connectivity index (χ0v) is 27.0. The van der Waals surface area contributed by atoms with Gasteiger partial charge in [0.2, 0.25) is 5.91 Å². The van der Waals surface area contributed by atoms with Crippen LogP contribution in [-0.4, -0.2) is 97.0 Å². The molecule has 42 heavy (non-hydrogen) atoms. The number of unbranched alkanes of at least 4 members (excludes halogenated alkanes) is 1. The van der Waals surface area contributed by atoms with Crippen LogP contribution in [0.4, 0.5) is 4.79 Å². The highest BCUT2D eigenvalue weighted by molar-refractivity contribution is 8.76. The number of carbonyl (C=O) groups is 2.